The summed E-state index contributed by atoms with van der Waals surface area (Å²) in [5.41, 5.74) is 2.10. The van der Waals surface area contributed by atoms with Crippen LogP contribution in [0.5, 0.6) is 0 Å². The molecule has 1 aliphatic heterocycles. The van der Waals surface area contributed by atoms with Crippen molar-refractivity contribution >= 4 is 62.1 Å². The monoisotopic (exact) mass is 480 g/mol. The quantitative estimate of drug-likeness (QED) is 0.523. The van der Waals surface area contributed by atoms with Gasteiger partial charge in [-0.05, 0) is 54.4 Å². The van der Waals surface area contributed by atoms with Crippen molar-refractivity contribution in [2.75, 3.05) is 16.2 Å². The number of fused-ring (bicyclic) bond motifs is 1. The van der Waals surface area contributed by atoms with Crippen LogP contribution in [0.2, 0.25) is 15.1 Å². The third kappa shape index (κ3) is 4.01. The lowest BCUT2D eigenvalue weighted by atomic mass is 10.2. The number of rotatable bonds is 4. The van der Waals surface area contributed by atoms with E-state index in [1.807, 2.05) is 12.1 Å². The smallest absolute Gasteiger partial charge is 0.265 e. The van der Waals surface area contributed by atoms with Gasteiger partial charge in [0.05, 0.1) is 10.7 Å². The van der Waals surface area contributed by atoms with E-state index in [1.54, 1.807) is 30.3 Å². The molecule has 1 heterocycles. The fourth-order valence-electron chi connectivity index (χ4n) is 3.35. The van der Waals surface area contributed by atoms with Crippen LogP contribution in [0, 0.1) is 0 Å². The maximum Gasteiger partial charge on any atom is 0.265 e. The SMILES string of the molecule is O=C(Nc1cc(Cl)cc(Cl)c1)c1ccc(Cl)c(S(=O)(=O)N2CCc3ccccc32)c1. The number of hydrogen-bond acceptors (Lipinski definition) is 3. The standard InChI is InChI=1S/C21H15Cl3N2O3S/c22-15-10-16(23)12-17(11-15)25-21(27)14-5-6-18(24)20(9-14)30(28,29)26-8-7-13-3-1-2-4-19(13)26/h1-6,9-12H,7-8H2,(H,25,27). The second kappa shape index (κ2) is 8.12. The number of benzene rings is 3. The lowest BCUT2D eigenvalue weighted by Gasteiger charge is -2.20. The predicted octanol–water partition coefficient (Wildman–Crippen LogP) is 5.65. The number of nitrogens with one attached hydrogen (secondary N) is 1. The van der Waals surface area contributed by atoms with Crippen LogP contribution in [0.15, 0.2) is 65.6 Å². The first-order valence-corrected chi connectivity index (χ1v) is 11.5. The molecular weight excluding hydrogens is 467 g/mol. The van der Waals surface area contributed by atoms with Crippen molar-refractivity contribution in [2.45, 2.75) is 11.3 Å². The Morgan fingerprint density at radius 3 is 2.37 bits per heavy atom. The van der Waals surface area contributed by atoms with Gasteiger partial charge in [-0.25, -0.2) is 8.42 Å². The van der Waals surface area contributed by atoms with E-state index in [2.05, 4.69) is 5.32 Å². The predicted molar refractivity (Wildman–Crippen MR) is 121 cm³/mol. The zero-order chi connectivity index (χ0) is 21.5. The highest BCUT2D eigenvalue weighted by Gasteiger charge is 2.32. The average Bonchev–Trinajstić information content (AvgIpc) is 3.12. The van der Waals surface area contributed by atoms with Gasteiger partial charge in [0.25, 0.3) is 15.9 Å². The molecule has 5 nitrogen and oxygen atoms in total. The number of anilines is 2. The highest BCUT2D eigenvalue weighted by Crippen LogP contribution is 2.35. The summed E-state index contributed by atoms with van der Waals surface area (Å²) in [6, 6.07) is 16.1. The number of sulfonamides is 1. The summed E-state index contributed by atoms with van der Waals surface area (Å²) in [5.74, 6) is -0.511. The summed E-state index contributed by atoms with van der Waals surface area (Å²) in [6.07, 6.45) is 0.614. The van der Waals surface area contributed by atoms with Crippen molar-refractivity contribution in [2.24, 2.45) is 0 Å². The Labute approximate surface area is 189 Å². The zero-order valence-corrected chi connectivity index (χ0v) is 18.5. The summed E-state index contributed by atoms with van der Waals surface area (Å²) < 4.78 is 28.0. The minimum Gasteiger partial charge on any atom is -0.322 e. The molecule has 30 heavy (non-hydrogen) atoms. The van der Waals surface area contributed by atoms with Gasteiger partial charge in [0, 0.05) is 27.8 Å². The molecule has 3 aromatic rings. The van der Waals surface area contributed by atoms with E-state index in [4.69, 9.17) is 34.8 Å². The topological polar surface area (TPSA) is 66.5 Å². The molecule has 0 spiro atoms. The average molecular weight is 482 g/mol. The van der Waals surface area contributed by atoms with Gasteiger partial charge < -0.3 is 5.32 Å². The number of halogens is 3. The molecule has 0 aliphatic carbocycles. The summed E-state index contributed by atoms with van der Waals surface area (Å²) in [4.78, 5) is 12.6. The number of carbonyl (C=O) groups is 1. The van der Waals surface area contributed by atoms with E-state index < -0.39 is 15.9 Å². The summed E-state index contributed by atoms with van der Waals surface area (Å²) >= 11 is 18.1. The number of hydrogen-bond donors (Lipinski definition) is 1. The van der Waals surface area contributed by atoms with Gasteiger partial charge in [-0.2, -0.15) is 0 Å². The molecule has 1 aliphatic rings. The molecule has 0 fully saturated rings. The molecule has 1 N–H and O–H groups in total. The third-order valence-corrected chi connectivity index (χ3v) is 7.46. The lowest BCUT2D eigenvalue weighted by molar-refractivity contribution is 0.102. The van der Waals surface area contributed by atoms with E-state index >= 15 is 0 Å². The number of para-hydroxylation sites is 1. The minimum absolute atomic E-state index is 0.0433. The Morgan fingerprint density at radius 1 is 0.933 bits per heavy atom. The molecule has 0 aromatic heterocycles. The Morgan fingerprint density at radius 2 is 1.63 bits per heavy atom. The largest absolute Gasteiger partial charge is 0.322 e. The van der Waals surface area contributed by atoms with Crippen LogP contribution >= 0.6 is 34.8 Å². The first-order valence-electron chi connectivity index (χ1n) is 8.93. The van der Waals surface area contributed by atoms with E-state index in [0.717, 1.165) is 5.56 Å². The van der Waals surface area contributed by atoms with Crippen LogP contribution in [0.4, 0.5) is 11.4 Å². The molecular formula is C21H15Cl3N2O3S. The fraction of sp³-hybridized carbons (Fsp3) is 0.0952. The van der Waals surface area contributed by atoms with Crippen molar-refractivity contribution < 1.29 is 13.2 Å². The molecule has 4 rings (SSSR count). The van der Waals surface area contributed by atoms with Crippen LogP contribution in [0.3, 0.4) is 0 Å². The van der Waals surface area contributed by atoms with Gasteiger partial charge in [-0.1, -0.05) is 53.0 Å². The third-order valence-electron chi connectivity index (χ3n) is 4.73. The molecule has 9 heteroatoms. The molecule has 0 radical (unpaired) electrons. The molecule has 0 saturated carbocycles. The molecule has 1 amide bonds. The maximum absolute atomic E-state index is 13.3. The molecule has 0 saturated heterocycles. The van der Waals surface area contributed by atoms with Crippen molar-refractivity contribution in [3.8, 4) is 0 Å². The van der Waals surface area contributed by atoms with Crippen LogP contribution < -0.4 is 9.62 Å². The van der Waals surface area contributed by atoms with E-state index in [9.17, 15) is 13.2 Å². The number of nitrogens with zero attached hydrogens (tertiary/aromatic N) is 1. The second-order valence-electron chi connectivity index (χ2n) is 6.71. The molecule has 0 bridgehead atoms. The Kier molecular flexibility index (Phi) is 5.68. The zero-order valence-electron chi connectivity index (χ0n) is 15.4. The highest BCUT2D eigenvalue weighted by atomic mass is 35.5. The summed E-state index contributed by atoms with van der Waals surface area (Å²) in [5, 5.41) is 3.44. The molecule has 0 unspecified atom stereocenters. The normalized spacial score (nSPS) is 13.2. The van der Waals surface area contributed by atoms with E-state index in [0.29, 0.717) is 34.4 Å². The minimum atomic E-state index is -3.95. The first kappa shape index (κ1) is 21.0. The lowest BCUT2D eigenvalue weighted by Crippen LogP contribution is -2.29. The summed E-state index contributed by atoms with van der Waals surface area (Å²) in [7, 11) is -3.95. The van der Waals surface area contributed by atoms with Crippen LogP contribution in [0.25, 0.3) is 0 Å². The Balaban J connectivity index is 1.67. The Bertz CT molecular complexity index is 1240. The fourth-order valence-corrected chi connectivity index (χ4v) is 5.88. The second-order valence-corrected chi connectivity index (χ2v) is 9.82. The Hall–Kier alpha value is -2.25. The van der Waals surface area contributed by atoms with Gasteiger partial charge in [0.15, 0.2) is 0 Å². The van der Waals surface area contributed by atoms with Crippen molar-refractivity contribution in [3.05, 3.63) is 86.9 Å². The van der Waals surface area contributed by atoms with Gasteiger partial charge in [-0.3, -0.25) is 9.10 Å². The molecule has 154 valence electrons. The first-order chi connectivity index (χ1) is 14.3. The van der Waals surface area contributed by atoms with Gasteiger partial charge >= 0.3 is 0 Å². The van der Waals surface area contributed by atoms with Crippen molar-refractivity contribution in [1.82, 2.24) is 0 Å². The van der Waals surface area contributed by atoms with E-state index in [-0.39, 0.29) is 15.5 Å². The molecule has 0 atom stereocenters. The highest BCUT2D eigenvalue weighted by molar-refractivity contribution is 7.93. The van der Waals surface area contributed by atoms with Crippen LogP contribution in [-0.2, 0) is 16.4 Å². The van der Waals surface area contributed by atoms with Gasteiger partial charge in [0.2, 0.25) is 0 Å². The molecule has 3 aromatic carbocycles. The summed E-state index contributed by atoms with van der Waals surface area (Å²) in [6.45, 7) is 0.315. The van der Waals surface area contributed by atoms with Gasteiger partial charge in [0.1, 0.15) is 4.90 Å². The van der Waals surface area contributed by atoms with Gasteiger partial charge in [-0.15, -0.1) is 0 Å². The van der Waals surface area contributed by atoms with E-state index in [1.165, 1.54) is 22.5 Å². The van der Waals surface area contributed by atoms with Crippen molar-refractivity contribution in [1.29, 1.82) is 0 Å². The van der Waals surface area contributed by atoms with Crippen LogP contribution in [0.1, 0.15) is 15.9 Å². The van der Waals surface area contributed by atoms with Crippen molar-refractivity contribution in [3.63, 3.8) is 0 Å². The maximum atomic E-state index is 13.3. The number of amides is 1. The number of carbonyl (C=O) groups excluding carboxylic acids is 1. The van der Waals surface area contributed by atoms with Crippen LogP contribution in [-0.4, -0.2) is 20.9 Å².